The molecule has 0 spiro atoms. The lowest BCUT2D eigenvalue weighted by molar-refractivity contribution is -0.141. The van der Waals surface area contributed by atoms with Gasteiger partial charge in [0.15, 0.2) is 5.69 Å². The van der Waals surface area contributed by atoms with Crippen LogP contribution in [-0.4, -0.2) is 34.8 Å². The van der Waals surface area contributed by atoms with E-state index in [0.29, 0.717) is 6.54 Å². The van der Waals surface area contributed by atoms with Crippen molar-refractivity contribution in [1.29, 1.82) is 0 Å². The van der Waals surface area contributed by atoms with Gasteiger partial charge in [-0.15, -0.1) is 0 Å². The molecule has 96 valence electrons. The van der Waals surface area contributed by atoms with Crippen LogP contribution in [0.4, 0.5) is 24.9 Å². The van der Waals surface area contributed by atoms with Crippen LogP contribution in [0.5, 0.6) is 0 Å². The van der Waals surface area contributed by atoms with Crippen molar-refractivity contribution in [3.8, 4) is 0 Å². The number of hydrogen-bond donors (Lipinski definition) is 2. The van der Waals surface area contributed by atoms with Crippen LogP contribution in [0.2, 0.25) is 0 Å². The second-order valence-corrected chi connectivity index (χ2v) is 3.27. The molecule has 0 aromatic carbocycles. The van der Waals surface area contributed by atoms with E-state index in [-0.39, 0.29) is 19.0 Å². The highest BCUT2D eigenvalue weighted by atomic mass is 19.4. The Morgan fingerprint density at radius 1 is 1.41 bits per heavy atom. The maximum absolute atomic E-state index is 12.5. The summed E-state index contributed by atoms with van der Waals surface area (Å²) in [5.74, 6) is -0.382. The maximum Gasteiger partial charge on any atom is 0.433 e. The molecule has 0 atom stereocenters. The van der Waals surface area contributed by atoms with Crippen molar-refractivity contribution in [2.24, 2.45) is 0 Å². The molecule has 8 heteroatoms. The minimum Gasteiger partial charge on any atom is -0.395 e. The number of nitrogen functional groups attached to an aromatic ring is 1. The van der Waals surface area contributed by atoms with E-state index in [1.54, 1.807) is 6.92 Å². The number of aliphatic hydroxyl groups is 1. The van der Waals surface area contributed by atoms with Crippen LogP contribution < -0.4 is 10.6 Å². The number of aromatic nitrogens is 2. The van der Waals surface area contributed by atoms with Gasteiger partial charge in [-0.05, 0) is 6.92 Å². The highest BCUT2D eigenvalue weighted by Crippen LogP contribution is 2.29. The molecule has 5 nitrogen and oxygen atoms in total. The van der Waals surface area contributed by atoms with Crippen LogP contribution >= 0.6 is 0 Å². The fraction of sp³-hybridized carbons (Fsp3) is 0.556. The first-order valence-corrected chi connectivity index (χ1v) is 4.96. The number of likely N-dealkylation sites (N-methyl/N-ethyl adjacent to an activating group) is 1. The maximum atomic E-state index is 12.5. The van der Waals surface area contributed by atoms with E-state index in [9.17, 15) is 13.2 Å². The van der Waals surface area contributed by atoms with E-state index < -0.39 is 17.8 Å². The van der Waals surface area contributed by atoms with Gasteiger partial charge in [0, 0.05) is 19.2 Å². The van der Waals surface area contributed by atoms with E-state index in [1.807, 2.05) is 0 Å². The van der Waals surface area contributed by atoms with E-state index in [2.05, 4.69) is 9.97 Å². The lowest BCUT2D eigenvalue weighted by Gasteiger charge is -2.21. The standard InChI is InChI=1S/C9H13F3N4O/c1-2-16(3-4-17)7-5-6(9(10,11)12)14-8(13)15-7/h5,17H,2-4H2,1H3,(H2,13,14,15). The zero-order chi connectivity index (χ0) is 13.1. The van der Waals surface area contributed by atoms with Crippen LogP contribution in [-0.2, 0) is 6.18 Å². The van der Waals surface area contributed by atoms with Crippen LogP contribution in [0, 0.1) is 0 Å². The Bertz CT molecular complexity index is 383. The Kier molecular flexibility index (Phi) is 4.11. The van der Waals surface area contributed by atoms with Gasteiger partial charge in [-0.25, -0.2) is 4.98 Å². The van der Waals surface area contributed by atoms with Crippen LogP contribution in [0.15, 0.2) is 6.07 Å². The van der Waals surface area contributed by atoms with Gasteiger partial charge in [0.05, 0.1) is 6.61 Å². The summed E-state index contributed by atoms with van der Waals surface area (Å²) in [5, 5.41) is 8.79. The first-order valence-electron chi connectivity index (χ1n) is 4.96. The third-order valence-corrected chi connectivity index (χ3v) is 2.10. The average molecular weight is 250 g/mol. The SMILES string of the molecule is CCN(CCO)c1cc(C(F)(F)F)nc(N)n1. The van der Waals surface area contributed by atoms with Gasteiger partial charge < -0.3 is 15.7 Å². The summed E-state index contributed by atoms with van der Waals surface area (Å²) in [7, 11) is 0. The number of nitrogens with two attached hydrogens (primary N) is 1. The summed E-state index contributed by atoms with van der Waals surface area (Å²) in [6.45, 7) is 2.15. The fourth-order valence-corrected chi connectivity index (χ4v) is 1.32. The predicted molar refractivity (Wildman–Crippen MR) is 56.4 cm³/mol. The number of anilines is 2. The molecule has 0 unspecified atom stereocenters. The first-order chi connectivity index (χ1) is 7.88. The summed E-state index contributed by atoms with van der Waals surface area (Å²) < 4.78 is 37.5. The largest absolute Gasteiger partial charge is 0.433 e. The molecule has 0 amide bonds. The smallest absolute Gasteiger partial charge is 0.395 e. The Morgan fingerprint density at radius 3 is 2.53 bits per heavy atom. The second kappa shape index (κ2) is 5.17. The normalized spacial score (nSPS) is 11.6. The number of alkyl halides is 3. The van der Waals surface area contributed by atoms with Gasteiger partial charge in [0.2, 0.25) is 5.95 Å². The lowest BCUT2D eigenvalue weighted by Crippen LogP contribution is -2.28. The molecular formula is C9H13F3N4O. The van der Waals surface area contributed by atoms with Gasteiger partial charge in [-0.3, -0.25) is 0 Å². The molecule has 1 rings (SSSR count). The van der Waals surface area contributed by atoms with Crippen molar-refractivity contribution >= 4 is 11.8 Å². The monoisotopic (exact) mass is 250 g/mol. The number of rotatable bonds is 4. The molecule has 0 fully saturated rings. The first kappa shape index (κ1) is 13.5. The van der Waals surface area contributed by atoms with Gasteiger partial charge >= 0.3 is 6.18 Å². The molecule has 0 aliphatic rings. The third-order valence-electron chi connectivity index (χ3n) is 2.10. The summed E-state index contributed by atoms with van der Waals surface area (Å²) in [6.07, 6.45) is -4.57. The summed E-state index contributed by atoms with van der Waals surface area (Å²) in [5.41, 5.74) is 4.15. The fourth-order valence-electron chi connectivity index (χ4n) is 1.32. The minimum absolute atomic E-state index is 0.0568. The molecule has 0 aliphatic heterocycles. The van der Waals surface area contributed by atoms with Crippen LogP contribution in [0.1, 0.15) is 12.6 Å². The molecule has 0 radical (unpaired) electrons. The predicted octanol–water partition coefficient (Wildman–Crippen LogP) is 0.896. The van der Waals surface area contributed by atoms with Gasteiger partial charge in [0.1, 0.15) is 5.82 Å². The zero-order valence-corrected chi connectivity index (χ0v) is 9.20. The van der Waals surface area contributed by atoms with Gasteiger partial charge in [-0.1, -0.05) is 0 Å². The van der Waals surface area contributed by atoms with Crippen LogP contribution in [0.25, 0.3) is 0 Å². The molecule has 1 heterocycles. The Morgan fingerprint density at radius 2 is 2.06 bits per heavy atom. The molecule has 0 bridgehead atoms. The average Bonchev–Trinajstić information content (AvgIpc) is 2.23. The number of halogens is 3. The van der Waals surface area contributed by atoms with Crippen molar-refractivity contribution in [2.75, 3.05) is 30.3 Å². The van der Waals surface area contributed by atoms with E-state index in [4.69, 9.17) is 10.8 Å². The molecular weight excluding hydrogens is 237 g/mol. The minimum atomic E-state index is -4.57. The van der Waals surface area contributed by atoms with Crippen LogP contribution in [0.3, 0.4) is 0 Å². The Hall–Kier alpha value is -1.57. The van der Waals surface area contributed by atoms with Crippen molar-refractivity contribution in [3.63, 3.8) is 0 Å². The van der Waals surface area contributed by atoms with E-state index in [0.717, 1.165) is 6.07 Å². The summed E-state index contributed by atoms with van der Waals surface area (Å²) >= 11 is 0. The topological polar surface area (TPSA) is 75.3 Å². The van der Waals surface area contributed by atoms with Crippen molar-refractivity contribution < 1.29 is 18.3 Å². The molecule has 1 aromatic heterocycles. The Balaban J connectivity index is 3.12. The van der Waals surface area contributed by atoms with Crippen molar-refractivity contribution in [3.05, 3.63) is 11.8 Å². The molecule has 0 aliphatic carbocycles. The summed E-state index contributed by atoms with van der Waals surface area (Å²) in [4.78, 5) is 8.33. The zero-order valence-electron chi connectivity index (χ0n) is 9.20. The molecule has 17 heavy (non-hydrogen) atoms. The Labute approximate surface area is 96.1 Å². The molecule has 0 saturated carbocycles. The lowest BCUT2D eigenvalue weighted by atomic mass is 10.3. The highest BCUT2D eigenvalue weighted by molar-refractivity contribution is 5.44. The molecule has 3 N–H and O–H groups in total. The highest BCUT2D eigenvalue weighted by Gasteiger charge is 2.33. The van der Waals surface area contributed by atoms with Gasteiger partial charge in [0.25, 0.3) is 0 Å². The number of nitrogens with zero attached hydrogens (tertiary/aromatic N) is 3. The van der Waals surface area contributed by atoms with E-state index >= 15 is 0 Å². The number of hydrogen-bond acceptors (Lipinski definition) is 5. The van der Waals surface area contributed by atoms with Crippen molar-refractivity contribution in [2.45, 2.75) is 13.1 Å². The van der Waals surface area contributed by atoms with Gasteiger partial charge in [-0.2, -0.15) is 18.2 Å². The molecule has 0 saturated heterocycles. The van der Waals surface area contributed by atoms with Crippen molar-refractivity contribution in [1.82, 2.24) is 9.97 Å². The second-order valence-electron chi connectivity index (χ2n) is 3.27. The van der Waals surface area contributed by atoms with E-state index in [1.165, 1.54) is 4.90 Å². The molecule has 1 aromatic rings. The quantitative estimate of drug-likeness (QED) is 0.830. The summed E-state index contributed by atoms with van der Waals surface area (Å²) in [6, 6.07) is 0.815. The number of aliphatic hydroxyl groups excluding tert-OH is 1. The third kappa shape index (κ3) is 3.45.